The van der Waals surface area contributed by atoms with E-state index in [2.05, 4.69) is 104 Å². The maximum atomic E-state index is 5.89. The number of rotatable bonds is 9. The standard InChI is InChI=1S/C29H35OSi/c1-28(2,3)30-21-11-5-4-10-20-29(31,26-18-16-22-12-6-8-14-24(22)26)27-19-17-23-13-7-9-15-25(23)27/h6-9,12-19,26-27H,4-5,10-11,20-21H2,1-3H3. The molecular weight excluding hydrogens is 392 g/mol. The summed E-state index contributed by atoms with van der Waals surface area (Å²) in [6, 6.07) is 17.7. The third kappa shape index (κ3) is 4.96. The highest BCUT2D eigenvalue weighted by Crippen LogP contribution is 2.59. The zero-order valence-corrected chi connectivity index (χ0v) is 20.2. The monoisotopic (exact) mass is 427 g/mol. The molecule has 2 aliphatic carbocycles. The van der Waals surface area contributed by atoms with Crippen molar-refractivity contribution in [1.29, 1.82) is 0 Å². The molecule has 0 aliphatic heterocycles. The third-order valence-electron chi connectivity index (χ3n) is 6.73. The van der Waals surface area contributed by atoms with Gasteiger partial charge in [0.2, 0.25) is 0 Å². The Morgan fingerprint density at radius 1 is 0.742 bits per heavy atom. The number of benzene rings is 2. The molecule has 0 heterocycles. The van der Waals surface area contributed by atoms with E-state index in [9.17, 15) is 0 Å². The van der Waals surface area contributed by atoms with Crippen molar-refractivity contribution >= 4 is 22.4 Å². The lowest BCUT2D eigenvalue weighted by Gasteiger charge is -2.41. The van der Waals surface area contributed by atoms with Crippen LogP contribution in [0.4, 0.5) is 0 Å². The maximum absolute atomic E-state index is 5.89. The van der Waals surface area contributed by atoms with E-state index in [0.717, 1.165) is 19.4 Å². The average Bonchev–Trinajstić information content (AvgIpc) is 3.37. The maximum Gasteiger partial charge on any atom is 0.0598 e. The first-order chi connectivity index (χ1) is 14.9. The Hall–Kier alpha value is -1.90. The van der Waals surface area contributed by atoms with Gasteiger partial charge >= 0.3 is 0 Å². The van der Waals surface area contributed by atoms with Crippen molar-refractivity contribution < 1.29 is 4.74 Å². The molecule has 2 heteroatoms. The molecule has 1 nitrogen and oxygen atoms in total. The van der Waals surface area contributed by atoms with Crippen LogP contribution in [0.2, 0.25) is 5.04 Å². The van der Waals surface area contributed by atoms with Gasteiger partial charge < -0.3 is 4.74 Å². The molecule has 161 valence electrons. The molecule has 2 aromatic carbocycles. The lowest BCUT2D eigenvalue weighted by molar-refractivity contribution is -0.00476. The number of hydrogen-bond donors (Lipinski definition) is 0. The first-order valence-electron chi connectivity index (χ1n) is 11.8. The fraction of sp³-hybridized carbons (Fsp3) is 0.448. The zero-order chi connectivity index (χ0) is 21.9. The Bertz CT molecular complexity index is 888. The molecule has 31 heavy (non-hydrogen) atoms. The lowest BCUT2D eigenvalue weighted by atomic mass is 9.73. The number of unbranched alkanes of at least 4 members (excludes halogenated alkanes) is 3. The highest BCUT2D eigenvalue weighted by Gasteiger charge is 2.43. The minimum atomic E-state index is -0.0326. The van der Waals surface area contributed by atoms with E-state index in [1.54, 1.807) is 0 Å². The fourth-order valence-electron chi connectivity index (χ4n) is 5.15. The van der Waals surface area contributed by atoms with Gasteiger partial charge in [-0.1, -0.05) is 92.1 Å². The molecule has 2 aliphatic rings. The zero-order valence-electron chi connectivity index (χ0n) is 19.2. The summed E-state index contributed by atoms with van der Waals surface area (Å²) >= 11 is 0. The molecule has 0 bridgehead atoms. The van der Waals surface area contributed by atoms with Gasteiger partial charge in [0.1, 0.15) is 0 Å². The predicted octanol–water partition coefficient (Wildman–Crippen LogP) is 7.70. The second-order valence-corrected chi connectivity index (χ2v) is 11.0. The molecule has 4 rings (SSSR count). The SMILES string of the molecule is CC(C)(C)OCCCCCCC([Si])(C1C=Cc2ccccc21)C1C=Cc2ccccc21. The topological polar surface area (TPSA) is 9.23 Å². The van der Waals surface area contributed by atoms with Gasteiger partial charge in [-0.3, -0.25) is 0 Å². The van der Waals surface area contributed by atoms with Crippen LogP contribution in [0.5, 0.6) is 0 Å². The second kappa shape index (κ2) is 9.30. The van der Waals surface area contributed by atoms with E-state index >= 15 is 0 Å². The normalized spacial score (nSPS) is 21.2. The molecular formula is C29H35OSi. The molecule has 2 aromatic rings. The van der Waals surface area contributed by atoms with Gasteiger partial charge in [-0.05, 0) is 60.9 Å². The molecule has 0 fully saturated rings. The predicted molar refractivity (Wildman–Crippen MR) is 134 cm³/mol. The summed E-state index contributed by atoms with van der Waals surface area (Å²) in [5, 5.41) is -0.0197. The number of fused-ring (bicyclic) bond motifs is 2. The summed E-state index contributed by atoms with van der Waals surface area (Å²) in [7, 11) is 4.43. The Kier molecular flexibility index (Phi) is 6.69. The van der Waals surface area contributed by atoms with Crippen LogP contribution in [-0.4, -0.2) is 22.5 Å². The van der Waals surface area contributed by atoms with Crippen LogP contribution >= 0.6 is 0 Å². The molecule has 0 spiro atoms. The second-order valence-electron chi connectivity index (χ2n) is 10.1. The molecule has 0 aromatic heterocycles. The van der Waals surface area contributed by atoms with Gasteiger partial charge in [0.05, 0.1) is 5.60 Å². The summed E-state index contributed by atoms with van der Waals surface area (Å²) in [4.78, 5) is 0. The van der Waals surface area contributed by atoms with E-state index < -0.39 is 0 Å². The van der Waals surface area contributed by atoms with Crippen molar-refractivity contribution in [3.63, 3.8) is 0 Å². The quantitative estimate of drug-likeness (QED) is 0.294. The van der Waals surface area contributed by atoms with Gasteiger partial charge in [0.15, 0.2) is 0 Å². The highest BCUT2D eigenvalue weighted by atomic mass is 28.1. The molecule has 2 atom stereocenters. The molecule has 0 amide bonds. The number of allylic oxidation sites excluding steroid dienone is 2. The van der Waals surface area contributed by atoms with Gasteiger partial charge in [-0.2, -0.15) is 0 Å². The fourth-order valence-corrected chi connectivity index (χ4v) is 5.83. The van der Waals surface area contributed by atoms with Crippen LogP contribution in [0.25, 0.3) is 12.2 Å². The van der Waals surface area contributed by atoms with E-state index in [1.165, 1.54) is 41.5 Å². The van der Waals surface area contributed by atoms with Gasteiger partial charge in [-0.15, -0.1) is 0 Å². The van der Waals surface area contributed by atoms with Gasteiger partial charge in [-0.25, -0.2) is 0 Å². The van der Waals surface area contributed by atoms with E-state index in [4.69, 9.17) is 4.74 Å². The average molecular weight is 428 g/mol. The van der Waals surface area contributed by atoms with Crippen LogP contribution in [0.1, 0.15) is 87.0 Å². The Labute approximate surface area is 192 Å². The van der Waals surface area contributed by atoms with Crippen molar-refractivity contribution in [2.75, 3.05) is 6.61 Å². The van der Waals surface area contributed by atoms with E-state index in [0.29, 0.717) is 11.8 Å². The summed E-state index contributed by atoms with van der Waals surface area (Å²) < 4.78 is 5.89. The van der Waals surface area contributed by atoms with Crippen LogP contribution in [0, 0.1) is 0 Å². The minimum absolute atomic E-state index is 0.0197. The first kappa shape index (κ1) is 22.3. The first-order valence-corrected chi connectivity index (χ1v) is 12.3. The minimum Gasteiger partial charge on any atom is -0.376 e. The van der Waals surface area contributed by atoms with Crippen molar-refractivity contribution in [1.82, 2.24) is 0 Å². The Balaban J connectivity index is 1.47. The highest BCUT2D eigenvalue weighted by molar-refractivity contribution is 6.17. The Morgan fingerprint density at radius 3 is 1.81 bits per heavy atom. The smallest absolute Gasteiger partial charge is 0.0598 e. The number of ether oxygens (including phenoxy) is 1. The van der Waals surface area contributed by atoms with Gasteiger partial charge in [0.25, 0.3) is 0 Å². The van der Waals surface area contributed by atoms with Crippen LogP contribution in [-0.2, 0) is 4.74 Å². The summed E-state index contributed by atoms with van der Waals surface area (Å²) in [6.45, 7) is 7.25. The van der Waals surface area contributed by atoms with Crippen molar-refractivity contribution in [2.24, 2.45) is 0 Å². The molecule has 0 saturated heterocycles. The molecule has 0 saturated carbocycles. The summed E-state index contributed by atoms with van der Waals surface area (Å²) in [5.74, 6) is 0.760. The van der Waals surface area contributed by atoms with E-state index in [1.807, 2.05) is 0 Å². The third-order valence-corrected chi connectivity index (χ3v) is 7.60. The van der Waals surface area contributed by atoms with Crippen molar-refractivity contribution in [3.05, 3.63) is 82.9 Å². The van der Waals surface area contributed by atoms with Crippen molar-refractivity contribution in [2.45, 2.75) is 75.4 Å². The van der Waals surface area contributed by atoms with Crippen LogP contribution in [0.3, 0.4) is 0 Å². The molecule has 3 radical (unpaired) electrons. The lowest BCUT2D eigenvalue weighted by Crippen LogP contribution is -2.27. The molecule has 0 N–H and O–H groups in total. The number of hydrogen-bond acceptors (Lipinski definition) is 1. The Morgan fingerprint density at radius 2 is 1.26 bits per heavy atom. The summed E-state index contributed by atoms with van der Waals surface area (Å²) in [6.07, 6.45) is 15.4. The van der Waals surface area contributed by atoms with Crippen LogP contribution < -0.4 is 0 Å². The molecule has 2 unspecified atom stereocenters. The van der Waals surface area contributed by atoms with Crippen molar-refractivity contribution in [3.8, 4) is 0 Å². The van der Waals surface area contributed by atoms with Gasteiger partial charge in [0, 0.05) is 28.7 Å². The largest absolute Gasteiger partial charge is 0.376 e. The summed E-state index contributed by atoms with van der Waals surface area (Å²) in [5.41, 5.74) is 5.60. The van der Waals surface area contributed by atoms with E-state index in [-0.39, 0.29) is 10.6 Å². The van der Waals surface area contributed by atoms with Crippen LogP contribution in [0.15, 0.2) is 60.7 Å².